The van der Waals surface area contributed by atoms with Crippen molar-refractivity contribution in [3.8, 4) is 17.2 Å². The van der Waals surface area contributed by atoms with Crippen molar-refractivity contribution in [2.24, 2.45) is 0 Å². The molecule has 0 unspecified atom stereocenters. The fourth-order valence-electron chi connectivity index (χ4n) is 2.10. The van der Waals surface area contributed by atoms with Crippen LogP contribution in [0.4, 0.5) is 5.69 Å². The minimum absolute atomic E-state index is 0.613. The van der Waals surface area contributed by atoms with Gasteiger partial charge in [-0.3, -0.25) is 0 Å². The van der Waals surface area contributed by atoms with Crippen molar-refractivity contribution in [1.82, 2.24) is 0 Å². The molecule has 0 fully saturated rings. The Kier molecular flexibility index (Phi) is 6.18. The molecule has 5 heteroatoms. The van der Waals surface area contributed by atoms with Gasteiger partial charge < -0.3 is 19.5 Å². The van der Waals surface area contributed by atoms with Gasteiger partial charge >= 0.3 is 0 Å². The van der Waals surface area contributed by atoms with Crippen LogP contribution in [0, 0.1) is 3.57 Å². The number of ether oxygens (including phenoxy) is 3. The van der Waals surface area contributed by atoms with E-state index >= 15 is 0 Å². The average Bonchev–Trinajstić information content (AvgIpc) is 2.53. The fraction of sp³-hybridized carbons (Fsp3) is 0.294. The molecule has 0 spiro atoms. The summed E-state index contributed by atoms with van der Waals surface area (Å²) in [5.41, 5.74) is 2.19. The van der Waals surface area contributed by atoms with Crippen LogP contribution >= 0.6 is 22.6 Å². The van der Waals surface area contributed by atoms with E-state index in [2.05, 4.69) is 34.0 Å². The van der Waals surface area contributed by atoms with E-state index in [9.17, 15) is 0 Å². The highest BCUT2D eigenvalue weighted by molar-refractivity contribution is 14.1. The molecule has 0 aliphatic heterocycles. The third-order valence-corrected chi connectivity index (χ3v) is 3.96. The summed E-state index contributed by atoms with van der Waals surface area (Å²) in [7, 11) is 3.33. The molecule has 118 valence electrons. The largest absolute Gasteiger partial charge is 0.497 e. The van der Waals surface area contributed by atoms with Crippen molar-refractivity contribution in [2.45, 2.75) is 13.5 Å². The topological polar surface area (TPSA) is 39.7 Å². The second-order valence-electron chi connectivity index (χ2n) is 4.62. The zero-order chi connectivity index (χ0) is 15.9. The van der Waals surface area contributed by atoms with Crippen molar-refractivity contribution in [3.63, 3.8) is 0 Å². The van der Waals surface area contributed by atoms with Gasteiger partial charge in [0.2, 0.25) is 0 Å². The first-order valence-electron chi connectivity index (χ1n) is 7.05. The summed E-state index contributed by atoms with van der Waals surface area (Å²) < 4.78 is 17.3. The zero-order valence-corrected chi connectivity index (χ0v) is 15.1. The maximum Gasteiger partial charge on any atom is 0.174 e. The van der Waals surface area contributed by atoms with Crippen LogP contribution in [-0.4, -0.2) is 20.8 Å². The van der Waals surface area contributed by atoms with E-state index < -0.39 is 0 Å². The van der Waals surface area contributed by atoms with Gasteiger partial charge in [0.15, 0.2) is 11.5 Å². The van der Waals surface area contributed by atoms with Crippen LogP contribution in [0.3, 0.4) is 0 Å². The second-order valence-corrected chi connectivity index (χ2v) is 5.79. The Morgan fingerprint density at radius 3 is 2.36 bits per heavy atom. The van der Waals surface area contributed by atoms with E-state index in [1.54, 1.807) is 14.2 Å². The smallest absolute Gasteiger partial charge is 0.174 e. The van der Waals surface area contributed by atoms with E-state index in [-0.39, 0.29) is 0 Å². The lowest BCUT2D eigenvalue weighted by atomic mass is 10.2. The predicted molar refractivity (Wildman–Crippen MR) is 97.2 cm³/mol. The number of halogens is 1. The molecule has 0 aliphatic rings. The average molecular weight is 413 g/mol. The molecular formula is C17H20INO3. The van der Waals surface area contributed by atoms with Crippen molar-refractivity contribution in [2.75, 3.05) is 26.1 Å². The maximum atomic E-state index is 5.66. The standard InChI is InChI=1S/C17H20INO3/c1-4-22-16-10-12(9-15(18)17(16)21-3)11-19-13-5-7-14(20-2)8-6-13/h5-10,19H,4,11H2,1-3H3. The van der Waals surface area contributed by atoms with Crippen LogP contribution in [0.2, 0.25) is 0 Å². The Labute approximate surface area is 144 Å². The Bertz CT molecular complexity index is 614. The van der Waals surface area contributed by atoms with Crippen LogP contribution in [0.25, 0.3) is 0 Å². The molecule has 0 heterocycles. The minimum atomic E-state index is 0.613. The van der Waals surface area contributed by atoms with Crippen molar-refractivity contribution < 1.29 is 14.2 Å². The Morgan fingerprint density at radius 1 is 1.05 bits per heavy atom. The Balaban J connectivity index is 2.11. The number of nitrogens with one attached hydrogen (secondary N) is 1. The molecule has 0 amide bonds. The molecule has 1 N–H and O–H groups in total. The first-order chi connectivity index (χ1) is 10.7. The number of methoxy groups -OCH3 is 2. The van der Waals surface area contributed by atoms with Crippen molar-refractivity contribution >= 4 is 28.3 Å². The molecule has 0 aromatic heterocycles. The van der Waals surface area contributed by atoms with Gasteiger partial charge in [0.1, 0.15) is 5.75 Å². The van der Waals surface area contributed by atoms with Crippen molar-refractivity contribution in [3.05, 3.63) is 45.5 Å². The summed E-state index contributed by atoms with van der Waals surface area (Å²) in [5, 5.41) is 3.39. The van der Waals surface area contributed by atoms with Gasteiger partial charge in [-0.2, -0.15) is 0 Å². The normalized spacial score (nSPS) is 10.2. The van der Waals surface area contributed by atoms with E-state index in [0.717, 1.165) is 32.1 Å². The van der Waals surface area contributed by atoms with Gasteiger partial charge in [0.25, 0.3) is 0 Å². The SMILES string of the molecule is CCOc1cc(CNc2ccc(OC)cc2)cc(I)c1OC. The highest BCUT2D eigenvalue weighted by Crippen LogP contribution is 2.34. The monoisotopic (exact) mass is 413 g/mol. The summed E-state index contributed by atoms with van der Waals surface area (Å²) in [6.45, 7) is 3.29. The molecule has 22 heavy (non-hydrogen) atoms. The van der Waals surface area contributed by atoms with E-state index in [0.29, 0.717) is 13.2 Å². The lowest BCUT2D eigenvalue weighted by Gasteiger charge is -2.14. The van der Waals surface area contributed by atoms with Gasteiger partial charge in [-0.15, -0.1) is 0 Å². The first-order valence-corrected chi connectivity index (χ1v) is 8.13. The van der Waals surface area contributed by atoms with Gasteiger partial charge in [0.05, 0.1) is 24.4 Å². The van der Waals surface area contributed by atoms with Crippen LogP contribution in [0.5, 0.6) is 17.2 Å². The quantitative estimate of drug-likeness (QED) is 0.687. The van der Waals surface area contributed by atoms with E-state index in [1.165, 1.54) is 0 Å². The van der Waals surface area contributed by atoms with Gasteiger partial charge in [-0.25, -0.2) is 0 Å². The molecule has 0 aliphatic carbocycles. The molecule has 4 nitrogen and oxygen atoms in total. The molecule has 0 radical (unpaired) electrons. The summed E-state index contributed by atoms with van der Waals surface area (Å²) in [6, 6.07) is 12.0. The predicted octanol–water partition coefficient (Wildman–Crippen LogP) is 4.32. The van der Waals surface area contributed by atoms with Crippen LogP contribution in [0.15, 0.2) is 36.4 Å². The molecule has 0 atom stereocenters. The minimum Gasteiger partial charge on any atom is -0.497 e. The van der Waals surface area contributed by atoms with Crippen LogP contribution in [-0.2, 0) is 6.54 Å². The molecular weight excluding hydrogens is 393 g/mol. The second kappa shape index (κ2) is 8.12. The molecule has 0 bridgehead atoms. The fourth-order valence-corrected chi connectivity index (χ4v) is 2.98. The summed E-state index contributed by atoms with van der Waals surface area (Å²) in [5.74, 6) is 2.42. The highest BCUT2D eigenvalue weighted by atomic mass is 127. The highest BCUT2D eigenvalue weighted by Gasteiger charge is 2.11. The molecule has 2 rings (SSSR count). The molecule has 2 aromatic rings. The third-order valence-electron chi connectivity index (χ3n) is 3.16. The zero-order valence-electron chi connectivity index (χ0n) is 13.0. The first kappa shape index (κ1) is 16.7. The summed E-state index contributed by atoms with van der Waals surface area (Å²) in [4.78, 5) is 0. The number of hydrogen-bond donors (Lipinski definition) is 1. The summed E-state index contributed by atoms with van der Waals surface area (Å²) in [6.07, 6.45) is 0. The van der Waals surface area contributed by atoms with Gasteiger partial charge in [-0.05, 0) is 71.5 Å². The number of benzene rings is 2. The van der Waals surface area contributed by atoms with E-state index in [1.807, 2.05) is 37.3 Å². The van der Waals surface area contributed by atoms with Gasteiger partial charge in [0, 0.05) is 12.2 Å². The maximum absolute atomic E-state index is 5.66. The van der Waals surface area contributed by atoms with Crippen LogP contribution in [0.1, 0.15) is 12.5 Å². The molecule has 2 aromatic carbocycles. The van der Waals surface area contributed by atoms with Crippen LogP contribution < -0.4 is 19.5 Å². The Morgan fingerprint density at radius 2 is 1.77 bits per heavy atom. The van der Waals surface area contributed by atoms with Crippen molar-refractivity contribution in [1.29, 1.82) is 0 Å². The number of anilines is 1. The lowest BCUT2D eigenvalue weighted by Crippen LogP contribution is -2.03. The molecule has 0 saturated heterocycles. The molecule has 0 saturated carbocycles. The third kappa shape index (κ3) is 4.19. The summed E-state index contributed by atoms with van der Waals surface area (Å²) >= 11 is 2.27. The number of hydrogen-bond acceptors (Lipinski definition) is 4. The van der Waals surface area contributed by atoms with Gasteiger partial charge in [-0.1, -0.05) is 0 Å². The number of rotatable bonds is 7. The van der Waals surface area contributed by atoms with E-state index in [4.69, 9.17) is 14.2 Å². The Hall–Kier alpha value is -1.63. The lowest BCUT2D eigenvalue weighted by molar-refractivity contribution is 0.309.